The zero-order valence-electron chi connectivity index (χ0n) is 27.8. The van der Waals surface area contributed by atoms with Gasteiger partial charge in [0, 0.05) is 34.8 Å². The van der Waals surface area contributed by atoms with Gasteiger partial charge in [-0.15, -0.1) is 0 Å². The maximum atomic E-state index is 13.6. The molecule has 0 aliphatic carbocycles. The van der Waals surface area contributed by atoms with E-state index in [-0.39, 0.29) is 29.4 Å². The predicted octanol–water partition coefficient (Wildman–Crippen LogP) is 8.07. The Morgan fingerprint density at radius 3 is 2.28 bits per heavy atom. The minimum Gasteiger partial charge on any atom is -0.497 e. The van der Waals surface area contributed by atoms with E-state index in [4.69, 9.17) is 9.84 Å². The molecule has 3 aromatic carbocycles. The minimum absolute atomic E-state index is 0.140. The number of methoxy groups -OCH3 is 1. The Hall–Kier alpha value is -4.59. The number of nitrogens with zero attached hydrogens (tertiary/aromatic N) is 3. The molecule has 2 unspecified atom stereocenters. The van der Waals surface area contributed by atoms with E-state index in [0.29, 0.717) is 11.7 Å². The van der Waals surface area contributed by atoms with Crippen LogP contribution in [0.15, 0.2) is 72.8 Å². The predicted molar refractivity (Wildman–Crippen MR) is 183 cm³/mol. The lowest BCUT2D eigenvalue weighted by Gasteiger charge is -2.39. The molecule has 2 N–H and O–H groups in total. The van der Waals surface area contributed by atoms with Gasteiger partial charge in [0.1, 0.15) is 11.6 Å². The summed E-state index contributed by atoms with van der Waals surface area (Å²) in [5.74, 6) is 2.02. The fraction of sp³-hybridized carbons (Fsp3) is 0.395. The van der Waals surface area contributed by atoms with E-state index in [2.05, 4.69) is 48.4 Å². The zero-order chi connectivity index (χ0) is 32.6. The number of hydrogen-bond acceptors (Lipinski definition) is 4. The molecule has 6 rings (SSSR count). The normalized spacial score (nSPS) is 19.2. The minimum atomic E-state index is -0.315. The highest BCUT2D eigenvalue weighted by Crippen LogP contribution is 2.41. The van der Waals surface area contributed by atoms with Crippen LogP contribution in [-0.4, -0.2) is 45.8 Å². The number of aryl methyl sites for hydroxylation is 2. The molecule has 4 aromatic rings. The summed E-state index contributed by atoms with van der Waals surface area (Å²) >= 11 is 0. The van der Waals surface area contributed by atoms with Crippen molar-refractivity contribution in [3.63, 3.8) is 0 Å². The molecule has 2 bridgehead atoms. The molecule has 2 fully saturated rings. The van der Waals surface area contributed by atoms with Crippen molar-refractivity contribution in [3.8, 4) is 11.4 Å². The zero-order valence-corrected chi connectivity index (χ0v) is 27.8. The Bertz CT molecular complexity index is 1720. The lowest BCUT2D eigenvalue weighted by atomic mass is 9.85. The molecule has 8 heteroatoms. The van der Waals surface area contributed by atoms with Crippen LogP contribution in [0.5, 0.6) is 5.75 Å². The van der Waals surface area contributed by atoms with E-state index >= 15 is 0 Å². The summed E-state index contributed by atoms with van der Waals surface area (Å²) in [5.41, 5.74) is 6.43. The quantitative estimate of drug-likeness (QED) is 0.219. The van der Waals surface area contributed by atoms with Gasteiger partial charge in [0.05, 0.1) is 18.5 Å². The number of carbonyl (C=O) groups excluding carboxylic acids is 2. The Balaban J connectivity index is 1.10. The van der Waals surface area contributed by atoms with Gasteiger partial charge in [-0.2, -0.15) is 5.10 Å². The van der Waals surface area contributed by atoms with Crippen LogP contribution >= 0.6 is 0 Å². The number of ether oxygens (including phenoxy) is 1. The highest BCUT2D eigenvalue weighted by atomic mass is 16.5. The van der Waals surface area contributed by atoms with Crippen LogP contribution in [0.25, 0.3) is 5.69 Å². The van der Waals surface area contributed by atoms with Gasteiger partial charge in [0.25, 0.3) is 5.91 Å². The van der Waals surface area contributed by atoms with Crippen molar-refractivity contribution in [2.75, 3.05) is 17.7 Å². The fourth-order valence-electron chi connectivity index (χ4n) is 7.04. The summed E-state index contributed by atoms with van der Waals surface area (Å²) in [4.78, 5) is 29.0. The molecule has 3 amide bonds. The van der Waals surface area contributed by atoms with Crippen LogP contribution in [0.3, 0.4) is 0 Å². The maximum absolute atomic E-state index is 13.6. The molecule has 2 saturated heterocycles. The molecular formula is C38H45N5O3. The van der Waals surface area contributed by atoms with Gasteiger partial charge in [0.2, 0.25) is 0 Å². The van der Waals surface area contributed by atoms with Crippen molar-refractivity contribution in [3.05, 3.63) is 101 Å². The van der Waals surface area contributed by atoms with Crippen molar-refractivity contribution in [2.24, 2.45) is 5.92 Å². The van der Waals surface area contributed by atoms with Crippen molar-refractivity contribution in [1.29, 1.82) is 0 Å². The number of benzene rings is 3. The summed E-state index contributed by atoms with van der Waals surface area (Å²) in [6.45, 7) is 10.4. The third-order valence-corrected chi connectivity index (χ3v) is 9.44. The number of fused-ring (bicyclic) bond motifs is 2. The largest absolute Gasteiger partial charge is 0.497 e. The summed E-state index contributed by atoms with van der Waals surface area (Å²) in [5, 5.41) is 10.9. The van der Waals surface area contributed by atoms with Gasteiger partial charge in [0.15, 0.2) is 0 Å². The first-order chi connectivity index (χ1) is 22.0. The van der Waals surface area contributed by atoms with Crippen LogP contribution < -0.4 is 15.4 Å². The molecule has 0 spiro atoms. The number of urea groups is 1. The van der Waals surface area contributed by atoms with Crippen LogP contribution in [0.1, 0.15) is 79.2 Å². The number of anilines is 2. The standard InChI is InChI=1S/C38H45N5O3/c1-24-10-12-29(13-11-24)43-35(23-34(41-43)38(3,4)5)40-37(45)39-28-9-7-8-26(20-28)19-27-21-30-14-15-31(22-27)42(30)36(44)33-17-16-32(46-6)18-25(33)2/h7-13,16-18,20,23,27,30-31H,14-15,19,21-22H2,1-6H3,(H2,39,40,45). The molecule has 2 aliphatic heterocycles. The highest BCUT2D eigenvalue weighted by molar-refractivity contribution is 5.99. The number of piperidine rings is 1. The number of nitrogens with one attached hydrogen (secondary N) is 2. The molecule has 1 aromatic heterocycles. The second-order valence-electron chi connectivity index (χ2n) is 14.0. The van der Waals surface area contributed by atoms with E-state index in [1.165, 1.54) is 5.56 Å². The SMILES string of the molecule is COc1ccc(C(=O)N2C3CCC2CC(Cc2cccc(NC(=O)Nc4cc(C(C)(C)C)nn4-c4ccc(C)cc4)c2)C3)c(C)c1. The van der Waals surface area contributed by atoms with Gasteiger partial charge in [-0.05, 0) is 105 Å². The third-order valence-electron chi connectivity index (χ3n) is 9.44. The lowest BCUT2D eigenvalue weighted by molar-refractivity contribution is 0.0524. The fourth-order valence-corrected chi connectivity index (χ4v) is 7.04. The second kappa shape index (κ2) is 12.7. The second-order valence-corrected chi connectivity index (χ2v) is 14.0. The van der Waals surface area contributed by atoms with E-state index in [1.54, 1.807) is 11.8 Å². The monoisotopic (exact) mass is 619 g/mol. The number of rotatable bonds is 7. The summed E-state index contributed by atoms with van der Waals surface area (Å²) < 4.78 is 7.13. The lowest BCUT2D eigenvalue weighted by Crippen LogP contribution is -2.47. The van der Waals surface area contributed by atoms with Crippen LogP contribution in [-0.2, 0) is 11.8 Å². The Kier molecular flexibility index (Phi) is 8.64. The Morgan fingerprint density at radius 2 is 1.63 bits per heavy atom. The Morgan fingerprint density at radius 1 is 0.913 bits per heavy atom. The smallest absolute Gasteiger partial charge is 0.324 e. The summed E-state index contributed by atoms with van der Waals surface area (Å²) in [6, 6.07) is 24.1. The maximum Gasteiger partial charge on any atom is 0.324 e. The van der Waals surface area contributed by atoms with E-state index in [1.807, 2.05) is 74.5 Å². The number of amides is 3. The van der Waals surface area contributed by atoms with Crippen LogP contribution in [0.4, 0.5) is 16.3 Å². The van der Waals surface area contributed by atoms with Gasteiger partial charge in [-0.25, -0.2) is 9.48 Å². The van der Waals surface area contributed by atoms with E-state index in [0.717, 1.165) is 71.6 Å². The van der Waals surface area contributed by atoms with Crippen LogP contribution in [0, 0.1) is 19.8 Å². The number of carbonyl (C=O) groups is 2. The average Bonchev–Trinajstić information content (AvgIpc) is 3.55. The number of hydrogen-bond donors (Lipinski definition) is 2. The van der Waals surface area contributed by atoms with Crippen molar-refractivity contribution in [2.45, 2.75) is 84.2 Å². The first-order valence-corrected chi connectivity index (χ1v) is 16.3. The van der Waals surface area contributed by atoms with E-state index in [9.17, 15) is 9.59 Å². The molecular weight excluding hydrogens is 574 g/mol. The topological polar surface area (TPSA) is 88.5 Å². The van der Waals surface area contributed by atoms with Crippen molar-refractivity contribution in [1.82, 2.24) is 14.7 Å². The molecule has 3 heterocycles. The molecule has 0 radical (unpaired) electrons. The summed E-state index contributed by atoms with van der Waals surface area (Å²) in [6.07, 6.45) is 5.02. The highest BCUT2D eigenvalue weighted by Gasteiger charge is 2.43. The molecule has 46 heavy (non-hydrogen) atoms. The van der Waals surface area contributed by atoms with Gasteiger partial charge < -0.3 is 15.0 Å². The van der Waals surface area contributed by atoms with E-state index < -0.39 is 0 Å². The molecule has 0 saturated carbocycles. The first-order valence-electron chi connectivity index (χ1n) is 16.3. The third kappa shape index (κ3) is 6.66. The first kappa shape index (κ1) is 31.4. The Labute approximate surface area is 272 Å². The molecule has 240 valence electrons. The molecule has 8 nitrogen and oxygen atoms in total. The van der Waals surface area contributed by atoms with Crippen LogP contribution in [0.2, 0.25) is 0 Å². The van der Waals surface area contributed by atoms with Gasteiger partial charge >= 0.3 is 6.03 Å². The number of aromatic nitrogens is 2. The van der Waals surface area contributed by atoms with Gasteiger partial charge in [-0.3, -0.25) is 10.1 Å². The van der Waals surface area contributed by atoms with Crippen molar-refractivity contribution < 1.29 is 14.3 Å². The van der Waals surface area contributed by atoms with Gasteiger partial charge in [-0.1, -0.05) is 50.6 Å². The summed E-state index contributed by atoms with van der Waals surface area (Å²) in [7, 11) is 1.65. The van der Waals surface area contributed by atoms with Crippen molar-refractivity contribution >= 4 is 23.4 Å². The molecule has 2 aliphatic rings. The molecule has 2 atom stereocenters. The average molecular weight is 620 g/mol.